The van der Waals surface area contributed by atoms with Crippen LogP contribution in [0.15, 0.2) is 0 Å². The van der Waals surface area contributed by atoms with Gasteiger partial charge in [0.15, 0.2) is 0 Å². The molecule has 1 saturated carbocycles. The minimum Gasteiger partial charge on any atom is -0.376 e. The van der Waals surface area contributed by atoms with Gasteiger partial charge in [-0.1, -0.05) is 6.92 Å². The van der Waals surface area contributed by atoms with E-state index < -0.39 is 0 Å². The van der Waals surface area contributed by atoms with E-state index in [0.717, 1.165) is 32.3 Å². The van der Waals surface area contributed by atoms with Gasteiger partial charge in [-0.25, -0.2) is 0 Å². The molecule has 82 valence electrons. The molecule has 1 aliphatic carbocycles. The Morgan fingerprint density at radius 3 is 2.79 bits per heavy atom. The monoisotopic (exact) mass is 199 g/mol. The van der Waals surface area contributed by atoms with Crippen LogP contribution in [-0.2, 0) is 9.47 Å². The van der Waals surface area contributed by atoms with Crippen molar-refractivity contribution in [1.29, 1.82) is 0 Å². The lowest BCUT2D eigenvalue weighted by atomic mass is 10.1. The Morgan fingerprint density at radius 2 is 2.21 bits per heavy atom. The molecular formula is C11H21NO2. The Kier molecular flexibility index (Phi) is 3.79. The standard InChI is InChI=1S/C11H21NO2/c1-2-11(9-3-4-9)12-7-10-8-13-5-6-14-10/h9-12H,2-8H2,1H3. The van der Waals surface area contributed by atoms with E-state index in [9.17, 15) is 0 Å². The van der Waals surface area contributed by atoms with Gasteiger partial charge in [-0.2, -0.15) is 0 Å². The second-order valence-corrected chi connectivity index (χ2v) is 4.33. The van der Waals surface area contributed by atoms with Crippen LogP contribution in [0.25, 0.3) is 0 Å². The maximum absolute atomic E-state index is 5.59. The Balaban J connectivity index is 1.63. The van der Waals surface area contributed by atoms with Crippen LogP contribution in [-0.4, -0.2) is 38.5 Å². The molecule has 2 unspecified atom stereocenters. The minimum absolute atomic E-state index is 0.275. The lowest BCUT2D eigenvalue weighted by molar-refractivity contribution is -0.0872. The predicted octanol–water partition coefficient (Wildman–Crippen LogP) is 1.18. The third kappa shape index (κ3) is 2.94. The van der Waals surface area contributed by atoms with E-state index in [-0.39, 0.29) is 6.10 Å². The van der Waals surface area contributed by atoms with Gasteiger partial charge in [0, 0.05) is 12.6 Å². The van der Waals surface area contributed by atoms with Crippen molar-refractivity contribution >= 4 is 0 Å². The average molecular weight is 199 g/mol. The van der Waals surface area contributed by atoms with E-state index in [2.05, 4.69) is 12.2 Å². The van der Waals surface area contributed by atoms with Gasteiger partial charge in [0.25, 0.3) is 0 Å². The zero-order valence-electron chi connectivity index (χ0n) is 9.00. The molecule has 1 saturated heterocycles. The summed E-state index contributed by atoms with van der Waals surface area (Å²) in [6.07, 6.45) is 4.33. The molecule has 3 nitrogen and oxygen atoms in total. The summed E-state index contributed by atoms with van der Waals surface area (Å²) in [4.78, 5) is 0. The Hall–Kier alpha value is -0.120. The van der Waals surface area contributed by atoms with Gasteiger partial charge in [0.1, 0.15) is 0 Å². The van der Waals surface area contributed by atoms with Crippen LogP contribution in [0.1, 0.15) is 26.2 Å². The lowest BCUT2D eigenvalue weighted by Gasteiger charge is -2.25. The lowest BCUT2D eigenvalue weighted by Crippen LogP contribution is -2.42. The maximum Gasteiger partial charge on any atom is 0.0933 e. The Labute approximate surface area is 86.2 Å². The van der Waals surface area contributed by atoms with Crippen molar-refractivity contribution < 1.29 is 9.47 Å². The van der Waals surface area contributed by atoms with Crippen molar-refractivity contribution in [2.45, 2.75) is 38.3 Å². The molecule has 0 bridgehead atoms. The molecule has 0 radical (unpaired) electrons. The van der Waals surface area contributed by atoms with Crippen molar-refractivity contribution in [3.05, 3.63) is 0 Å². The minimum atomic E-state index is 0.275. The molecule has 0 spiro atoms. The van der Waals surface area contributed by atoms with E-state index in [1.165, 1.54) is 19.3 Å². The molecule has 2 fully saturated rings. The third-order valence-corrected chi connectivity index (χ3v) is 3.12. The summed E-state index contributed by atoms with van der Waals surface area (Å²) in [6.45, 7) is 5.49. The average Bonchev–Trinajstić information content (AvgIpc) is 3.05. The van der Waals surface area contributed by atoms with Crippen molar-refractivity contribution in [3.8, 4) is 0 Å². The van der Waals surface area contributed by atoms with E-state index in [1.54, 1.807) is 0 Å². The molecule has 0 aromatic heterocycles. The first-order valence-corrected chi connectivity index (χ1v) is 5.83. The zero-order valence-corrected chi connectivity index (χ0v) is 9.00. The van der Waals surface area contributed by atoms with Gasteiger partial charge in [0.2, 0.25) is 0 Å². The molecule has 2 atom stereocenters. The summed E-state index contributed by atoms with van der Waals surface area (Å²) >= 11 is 0. The first kappa shape index (κ1) is 10.4. The summed E-state index contributed by atoms with van der Waals surface area (Å²) in [5, 5.41) is 3.60. The number of hydrogen-bond donors (Lipinski definition) is 1. The Bertz CT molecular complexity index is 165. The fraction of sp³-hybridized carbons (Fsp3) is 1.00. The third-order valence-electron chi connectivity index (χ3n) is 3.12. The van der Waals surface area contributed by atoms with E-state index in [1.807, 2.05) is 0 Å². The number of ether oxygens (including phenoxy) is 2. The summed E-state index contributed by atoms with van der Waals surface area (Å²) in [5.74, 6) is 0.935. The molecule has 2 aliphatic rings. The fourth-order valence-electron chi connectivity index (χ4n) is 2.08. The highest BCUT2D eigenvalue weighted by atomic mass is 16.6. The quantitative estimate of drug-likeness (QED) is 0.721. The highest BCUT2D eigenvalue weighted by Gasteiger charge is 2.30. The second-order valence-electron chi connectivity index (χ2n) is 4.33. The van der Waals surface area contributed by atoms with E-state index >= 15 is 0 Å². The van der Waals surface area contributed by atoms with Gasteiger partial charge < -0.3 is 14.8 Å². The SMILES string of the molecule is CCC(NCC1COCCO1)C1CC1. The van der Waals surface area contributed by atoms with Crippen molar-refractivity contribution in [2.24, 2.45) is 5.92 Å². The molecule has 1 N–H and O–H groups in total. The fourth-order valence-corrected chi connectivity index (χ4v) is 2.08. The van der Waals surface area contributed by atoms with E-state index in [4.69, 9.17) is 9.47 Å². The summed E-state index contributed by atoms with van der Waals surface area (Å²) in [5.41, 5.74) is 0. The zero-order chi connectivity index (χ0) is 9.80. The maximum atomic E-state index is 5.59. The normalized spacial score (nSPS) is 30.2. The van der Waals surface area contributed by atoms with Crippen LogP contribution in [0.5, 0.6) is 0 Å². The van der Waals surface area contributed by atoms with Crippen LogP contribution in [0, 0.1) is 5.92 Å². The highest BCUT2D eigenvalue weighted by Crippen LogP contribution is 2.33. The first-order chi connectivity index (χ1) is 6.90. The molecule has 0 aromatic rings. The largest absolute Gasteiger partial charge is 0.376 e. The van der Waals surface area contributed by atoms with Crippen LogP contribution in [0.4, 0.5) is 0 Å². The molecular weight excluding hydrogens is 178 g/mol. The number of nitrogens with one attached hydrogen (secondary N) is 1. The smallest absolute Gasteiger partial charge is 0.0933 e. The Morgan fingerprint density at radius 1 is 1.36 bits per heavy atom. The van der Waals surface area contributed by atoms with Crippen LogP contribution in [0.2, 0.25) is 0 Å². The second kappa shape index (κ2) is 5.10. The topological polar surface area (TPSA) is 30.5 Å². The van der Waals surface area contributed by atoms with Gasteiger partial charge in [-0.05, 0) is 25.2 Å². The van der Waals surface area contributed by atoms with E-state index in [0.29, 0.717) is 6.04 Å². The van der Waals surface area contributed by atoms with Crippen LogP contribution in [0.3, 0.4) is 0 Å². The number of rotatable bonds is 5. The molecule has 0 amide bonds. The van der Waals surface area contributed by atoms with Gasteiger partial charge in [0.05, 0.1) is 25.9 Å². The molecule has 3 heteroatoms. The molecule has 14 heavy (non-hydrogen) atoms. The van der Waals surface area contributed by atoms with Crippen molar-refractivity contribution in [1.82, 2.24) is 5.32 Å². The van der Waals surface area contributed by atoms with Gasteiger partial charge in [-0.3, -0.25) is 0 Å². The first-order valence-electron chi connectivity index (χ1n) is 5.83. The van der Waals surface area contributed by atoms with Crippen molar-refractivity contribution in [3.63, 3.8) is 0 Å². The molecule has 1 heterocycles. The summed E-state index contributed by atoms with van der Waals surface area (Å²) in [6, 6.07) is 0.709. The molecule has 0 aromatic carbocycles. The van der Waals surface area contributed by atoms with Crippen LogP contribution >= 0.6 is 0 Å². The van der Waals surface area contributed by atoms with Crippen molar-refractivity contribution in [2.75, 3.05) is 26.4 Å². The summed E-state index contributed by atoms with van der Waals surface area (Å²) in [7, 11) is 0. The van der Waals surface area contributed by atoms with Gasteiger partial charge >= 0.3 is 0 Å². The number of hydrogen-bond acceptors (Lipinski definition) is 3. The predicted molar refractivity (Wildman–Crippen MR) is 55.4 cm³/mol. The van der Waals surface area contributed by atoms with Gasteiger partial charge in [-0.15, -0.1) is 0 Å². The molecule has 1 aliphatic heterocycles. The van der Waals surface area contributed by atoms with Crippen LogP contribution < -0.4 is 5.32 Å². The highest BCUT2D eigenvalue weighted by molar-refractivity contribution is 4.86. The summed E-state index contributed by atoms with van der Waals surface area (Å²) < 4.78 is 10.9. The molecule has 2 rings (SSSR count).